The van der Waals surface area contributed by atoms with Crippen molar-refractivity contribution in [2.75, 3.05) is 11.9 Å². The molecule has 28 heavy (non-hydrogen) atoms. The van der Waals surface area contributed by atoms with Crippen LogP contribution in [-0.2, 0) is 9.59 Å². The minimum atomic E-state index is -0.230. The molecule has 2 aromatic rings. The summed E-state index contributed by atoms with van der Waals surface area (Å²) in [5.74, 6) is 2.67. The standard InChI is InChI=1S/C21H25N5O2/c27-19(25-17-2-3-18(22-12-17)26-5-1-4-24-26)13-23-20(28)21-9-14-6-15(10-21)8-16(7-14)11-21/h1-5,12,14-16H,6-11,13H2,(H,23,28)(H,25,27). The highest BCUT2D eigenvalue weighted by atomic mass is 16.2. The molecule has 0 spiro atoms. The first-order valence-corrected chi connectivity index (χ1v) is 10.1. The molecule has 2 aromatic heterocycles. The maximum Gasteiger partial charge on any atom is 0.243 e. The molecular weight excluding hydrogens is 354 g/mol. The topological polar surface area (TPSA) is 88.9 Å². The monoisotopic (exact) mass is 379 g/mol. The van der Waals surface area contributed by atoms with Crippen LogP contribution >= 0.6 is 0 Å². The van der Waals surface area contributed by atoms with Crippen molar-refractivity contribution in [3.63, 3.8) is 0 Å². The Labute approximate surface area is 163 Å². The zero-order chi connectivity index (χ0) is 19.1. The van der Waals surface area contributed by atoms with E-state index in [1.165, 1.54) is 19.3 Å². The van der Waals surface area contributed by atoms with Gasteiger partial charge in [0.15, 0.2) is 5.82 Å². The van der Waals surface area contributed by atoms with Crippen LogP contribution in [0, 0.1) is 23.2 Å². The molecule has 146 valence electrons. The minimum Gasteiger partial charge on any atom is -0.347 e. The van der Waals surface area contributed by atoms with E-state index < -0.39 is 0 Å². The molecule has 2 heterocycles. The fraction of sp³-hybridized carbons (Fsp3) is 0.524. The van der Waals surface area contributed by atoms with Gasteiger partial charge in [0.2, 0.25) is 11.8 Å². The van der Waals surface area contributed by atoms with Crippen LogP contribution in [0.5, 0.6) is 0 Å². The highest BCUT2D eigenvalue weighted by Crippen LogP contribution is 2.60. The van der Waals surface area contributed by atoms with Gasteiger partial charge in [-0.1, -0.05) is 0 Å². The third-order valence-electron chi connectivity index (χ3n) is 6.70. The number of pyridine rings is 1. The van der Waals surface area contributed by atoms with E-state index in [0.29, 0.717) is 29.3 Å². The molecule has 0 aliphatic heterocycles. The van der Waals surface area contributed by atoms with Gasteiger partial charge in [-0.25, -0.2) is 9.67 Å². The number of nitrogens with one attached hydrogen (secondary N) is 2. The number of nitrogens with zero attached hydrogens (tertiary/aromatic N) is 3. The molecule has 4 aliphatic rings. The molecule has 0 radical (unpaired) electrons. The van der Waals surface area contributed by atoms with Gasteiger partial charge in [0.1, 0.15) is 0 Å². The predicted octanol–water partition coefficient (Wildman–Crippen LogP) is 2.54. The van der Waals surface area contributed by atoms with E-state index in [2.05, 4.69) is 20.7 Å². The normalized spacial score (nSPS) is 30.2. The molecule has 0 atom stereocenters. The van der Waals surface area contributed by atoms with Gasteiger partial charge in [0.25, 0.3) is 0 Å². The van der Waals surface area contributed by atoms with Crippen LogP contribution in [0.1, 0.15) is 38.5 Å². The number of amides is 2. The average Bonchev–Trinajstić information content (AvgIpc) is 3.20. The van der Waals surface area contributed by atoms with Crippen molar-refractivity contribution in [3.05, 3.63) is 36.8 Å². The van der Waals surface area contributed by atoms with Gasteiger partial charge in [0, 0.05) is 17.8 Å². The van der Waals surface area contributed by atoms with Gasteiger partial charge >= 0.3 is 0 Å². The van der Waals surface area contributed by atoms with Gasteiger partial charge in [-0.15, -0.1) is 0 Å². The third-order valence-corrected chi connectivity index (χ3v) is 6.70. The molecule has 4 aliphatic carbocycles. The SMILES string of the molecule is O=C(CNC(=O)C12CC3CC(CC(C3)C1)C2)Nc1ccc(-n2cccn2)nc1. The van der Waals surface area contributed by atoms with E-state index in [4.69, 9.17) is 0 Å². The van der Waals surface area contributed by atoms with Crippen molar-refractivity contribution in [2.45, 2.75) is 38.5 Å². The first kappa shape index (κ1) is 17.4. The fourth-order valence-electron chi connectivity index (χ4n) is 5.94. The van der Waals surface area contributed by atoms with Crippen LogP contribution in [-0.4, -0.2) is 33.1 Å². The van der Waals surface area contributed by atoms with Crippen molar-refractivity contribution in [3.8, 4) is 5.82 Å². The van der Waals surface area contributed by atoms with Crippen molar-refractivity contribution < 1.29 is 9.59 Å². The summed E-state index contributed by atoms with van der Waals surface area (Å²) >= 11 is 0. The molecule has 7 nitrogen and oxygen atoms in total. The lowest BCUT2D eigenvalue weighted by Crippen LogP contribution is -2.54. The lowest BCUT2D eigenvalue weighted by Gasteiger charge is -2.55. The molecule has 2 N–H and O–H groups in total. The van der Waals surface area contributed by atoms with Crippen LogP contribution < -0.4 is 10.6 Å². The van der Waals surface area contributed by atoms with Crippen LogP contribution in [0.4, 0.5) is 5.69 Å². The van der Waals surface area contributed by atoms with Gasteiger partial charge in [0.05, 0.1) is 18.4 Å². The summed E-state index contributed by atoms with van der Waals surface area (Å²) in [5.41, 5.74) is 0.382. The summed E-state index contributed by atoms with van der Waals surface area (Å²) in [6.07, 6.45) is 12.0. The largest absolute Gasteiger partial charge is 0.347 e. The number of aromatic nitrogens is 3. The maximum absolute atomic E-state index is 12.9. The van der Waals surface area contributed by atoms with Crippen LogP contribution in [0.25, 0.3) is 5.82 Å². The molecule has 2 amide bonds. The van der Waals surface area contributed by atoms with E-state index >= 15 is 0 Å². The lowest BCUT2D eigenvalue weighted by atomic mass is 9.49. The number of rotatable bonds is 5. The second-order valence-corrected chi connectivity index (χ2v) is 8.78. The molecule has 6 rings (SSSR count). The number of anilines is 1. The Morgan fingerprint density at radius 2 is 1.82 bits per heavy atom. The van der Waals surface area contributed by atoms with Crippen molar-refractivity contribution in [1.82, 2.24) is 20.1 Å². The van der Waals surface area contributed by atoms with E-state index in [-0.39, 0.29) is 23.8 Å². The second-order valence-electron chi connectivity index (χ2n) is 8.78. The Morgan fingerprint density at radius 3 is 2.39 bits per heavy atom. The summed E-state index contributed by atoms with van der Waals surface area (Å²) in [7, 11) is 0. The smallest absolute Gasteiger partial charge is 0.243 e. The lowest BCUT2D eigenvalue weighted by molar-refractivity contribution is -0.146. The fourth-order valence-corrected chi connectivity index (χ4v) is 5.94. The van der Waals surface area contributed by atoms with Crippen molar-refractivity contribution in [1.29, 1.82) is 0 Å². The third kappa shape index (κ3) is 3.19. The first-order valence-electron chi connectivity index (χ1n) is 10.1. The highest BCUT2D eigenvalue weighted by Gasteiger charge is 2.54. The van der Waals surface area contributed by atoms with Crippen molar-refractivity contribution in [2.24, 2.45) is 23.2 Å². The molecular formula is C21H25N5O2. The predicted molar refractivity (Wildman–Crippen MR) is 104 cm³/mol. The molecule has 0 unspecified atom stereocenters. The number of carbonyl (C=O) groups excluding carboxylic acids is 2. The summed E-state index contributed by atoms with van der Waals surface area (Å²) in [6.45, 7) is 0.00148. The quantitative estimate of drug-likeness (QED) is 0.835. The molecule has 0 saturated heterocycles. The maximum atomic E-state index is 12.9. The van der Waals surface area contributed by atoms with Gasteiger partial charge in [-0.2, -0.15) is 5.10 Å². The summed E-state index contributed by atoms with van der Waals surface area (Å²) in [4.78, 5) is 29.5. The number of hydrogen-bond acceptors (Lipinski definition) is 4. The Hall–Kier alpha value is -2.70. The van der Waals surface area contributed by atoms with Crippen molar-refractivity contribution >= 4 is 17.5 Å². The zero-order valence-corrected chi connectivity index (χ0v) is 15.8. The van der Waals surface area contributed by atoms with Crippen LogP contribution in [0.3, 0.4) is 0 Å². The summed E-state index contributed by atoms with van der Waals surface area (Å²) in [6, 6.07) is 5.39. The molecule has 0 aromatic carbocycles. The van der Waals surface area contributed by atoms with E-state index in [1.807, 2.05) is 6.07 Å². The van der Waals surface area contributed by atoms with Gasteiger partial charge in [-0.3, -0.25) is 9.59 Å². The van der Waals surface area contributed by atoms with E-state index in [0.717, 1.165) is 19.3 Å². The first-order chi connectivity index (χ1) is 13.6. The Balaban J connectivity index is 1.16. The van der Waals surface area contributed by atoms with Gasteiger partial charge in [-0.05, 0) is 74.5 Å². The number of carbonyl (C=O) groups is 2. The Morgan fingerprint density at radius 1 is 1.11 bits per heavy atom. The Kier molecular flexibility index (Phi) is 4.18. The average molecular weight is 379 g/mol. The summed E-state index contributed by atoms with van der Waals surface area (Å²) in [5, 5.41) is 9.83. The van der Waals surface area contributed by atoms with Crippen LogP contribution in [0.15, 0.2) is 36.8 Å². The zero-order valence-electron chi connectivity index (χ0n) is 15.8. The number of hydrogen-bond donors (Lipinski definition) is 2. The highest BCUT2D eigenvalue weighted by molar-refractivity contribution is 5.95. The molecule has 7 heteroatoms. The molecule has 4 fully saturated rings. The Bertz CT molecular complexity index is 839. The summed E-state index contributed by atoms with van der Waals surface area (Å²) < 4.78 is 1.65. The second kappa shape index (κ2) is 6.72. The van der Waals surface area contributed by atoms with E-state index in [1.54, 1.807) is 35.4 Å². The van der Waals surface area contributed by atoms with Gasteiger partial charge < -0.3 is 10.6 Å². The molecule has 4 bridgehead atoms. The van der Waals surface area contributed by atoms with Crippen LogP contribution in [0.2, 0.25) is 0 Å². The van der Waals surface area contributed by atoms with E-state index in [9.17, 15) is 9.59 Å². The molecule has 4 saturated carbocycles. The minimum absolute atomic E-state index is 0.00148.